The summed E-state index contributed by atoms with van der Waals surface area (Å²) in [4.78, 5) is 45.5. The van der Waals surface area contributed by atoms with Crippen molar-refractivity contribution >= 4 is 28.7 Å². The number of hydrogen-bond donors (Lipinski definition) is 1. The van der Waals surface area contributed by atoms with E-state index in [1.807, 2.05) is 7.05 Å². The number of pyridine rings is 2. The van der Waals surface area contributed by atoms with Crippen LogP contribution >= 0.6 is 11.6 Å². The topological polar surface area (TPSA) is 109 Å². The smallest absolute Gasteiger partial charge is 0.390 e. The molecule has 1 saturated heterocycles. The van der Waals surface area contributed by atoms with E-state index in [9.17, 15) is 9.59 Å². The van der Waals surface area contributed by atoms with E-state index in [0.717, 1.165) is 18.5 Å². The van der Waals surface area contributed by atoms with Gasteiger partial charge in [-0.3, -0.25) is 4.79 Å². The lowest BCUT2D eigenvalue weighted by atomic mass is 10.3. The number of carbonyl (C=O) groups excluding carboxylic acids is 1. The molecular formula is C20H18ClN7O3. The van der Waals surface area contributed by atoms with Crippen LogP contribution in [0.15, 0.2) is 41.5 Å². The third kappa shape index (κ3) is 3.49. The van der Waals surface area contributed by atoms with Crippen molar-refractivity contribution in [3.05, 3.63) is 52.2 Å². The predicted octanol–water partition coefficient (Wildman–Crippen LogP) is 2.01. The van der Waals surface area contributed by atoms with Gasteiger partial charge >= 0.3 is 6.09 Å². The number of fused-ring (bicyclic) bond motifs is 2. The van der Waals surface area contributed by atoms with Crippen LogP contribution < -0.4 is 10.3 Å². The number of amides is 1. The van der Waals surface area contributed by atoms with Gasteiger partial charge in [-0.2, -0.15) is 0 Å². The maximum absolute atomic E-state index is 13.1. The maximum Gasteiger partial charge on any atom is 0.416 e. The van der Waals surface area contributed by atoms with Gasteiger partial charge in [-0.15, -0.1) is 0 Å². The van der Waals surface area contributed by atoms with Gasteiger partial charge in [0.25, 0.3) is 5.56 Å². The highest BCUT2D eigenvalue weighted by Crippen LogP contribution is 2.30. The quantitative estimate of drug-likeness (QED) is 0.476. The molecule has 1 N–H and O–H groups in total. The molecule has 0 spiro atoms. The lowest BCUT2D eigenvalue weighted by Gasteiger charge is -2.31. The number of halogens is 1. The van der Waals surface area contributed by atoms with E-state index in [0.29, 0.717) is 24.4 Å². The Kier molecular flexibility index (Phi) is 4.79. The van der Waals surface area contributed by atoms with Crippen molar-refractivity contribution in [1.29, 1.82) is 0 Å². The van der Waals surface area contributed by atoms with E-state index < -0.39 is 11.7 Å². The molecule has 1 amide bonds. The highest BCUT2D eigenvalue weighted by molar-refractivity contribution is 6.29. The summed E-state index contributed by atoms with van der Waals surface area (Å²) in [6, 6.07) is 6.88. The van der Waals surface area contributed by atoms with Crippen LogP contribution in [0.2, 0.25) is 5.15 Å². The molecule has 0 aliphatic carbocycles. The Morgan fingerprint density at radius 2 is 1.90 bits per heavy atom. The van der Waals surface area contributed by atoms with Crippen molar-refractivity contribution < 1.29 is 9.53 Å². The lowest BCUT2D eigenvalue weighted by Crippen LogP contribution is -2.48. The predicted molar refractivity (Wildman–Crippen MR) is 114 cm³/mol. The van der Waals surface area contributed by atoms with E-state index in [4.69, 9.17) is 16.3 Å². The molecule has 0 radical (unpaired) electrons. The summed E-state index contributed by atoms with van der Waals surface area (Å²) in [6.07, 6.45) is 2.50. The molecule has 5 heterocycles. The Bertz CT molecular complexity index is 1310. The fraction of sp³-hybridized carbons (Fsp3) is 0.250. The van der Waals surface area contributed by atoms with E-state index >= 15 is 0 Å². The highest BCUT2D eigenvalue weighted by atomic mass is 35.5. The number of aromatic nitrogens is 5. The molecule has 11 heteroatoms. The fourth-order valence-electron chi connectivity index (χ4n) is 3.53. The zero-order valence-electron chi connectivity index (χ0n) is 16.6. The second kappa shape index (κ2) is 7.64. The van der Waals surface area contributed by atoms with E-state index in [1.165, 1.54) is 10.8 Å². The van der Waals surface area contributed by atoms with Gasteiger partial charge in [-0.05, 0) is 31.3 Å². The number of nitrogens with zero attached hydrogens (tertiary/aromatic N) is 6. The van der Waals surface area contributed by atoms with Crippen LogP contribution in [0.1, 0.15) is 0 Å². The standard InChI is InChI=1S/C20H18ClN7O3/c1-26-8-10-27(11-9-26)20(30)31-19-16-15(22-6-7-23-16)18(29)28(19)14-5-3-12-2-4-13(21)24-17(12)25-14/h2-7,23H,8-11H2,1H3. The minimum Gasteiger partial charge on any atom is -0.390 e. The number of hydrogen-bond acceptors (Lipinski definition) is 7. The van der Waals surface area contributed by atoms with E-state index in [2.05, 4.69) is 24.8 Å². The van der Waals surface area contributed by atoms with Crippen LogP contribution in [-0.2, 0) is 0 Å². The number of likely N-dealkylation sites (N-methyl/N-ethyl adjacent to an activating group) is 1. The van der Waals surface area contributed by atoms with Crippen LogP contribution in [0.3, 0.4) is 0 Å². The van der Waals surface area contributed by atoms with Gasteiger partial charge in [-0.25, -0.2) is 24.3 Å². The van der Waals surface area contributed by atoms with Gasteiger partial charge in [0, 0.05) is 44.0 Å². The second-order valence-corrected chi connectivity index (χ2v) is 7.65. The minimum atomic E-state index is -0.534. The summed E-state index contributed by atoms with van der Waals surface area (Å²) >= 11 is 6.00. The molecule has 31 heavy (non-hydrogen) atoms. The van der Waals surface area contributed by atoms with Crippen molar-refractivity contribution in [2.75, 3.05) is 33.2 Å². The highest BCUT2D eigenvalue weighted by Gasteiger charge is 2.30. The lowest BCUT2D eigenvalue weighted by molar-refractivity contribution is 0.118. The van der Waals surface area contributed by atoms with Crippen LogP contribution in [0.4, 0.5) is 4.79 Å². The molecule has 0 aromatic carbocycles. The summed E-state index contributed by atoms with van der Waals surface area (Å²) in [5, 5.41) is 1.05. The van der Waals surface area contributed by atoms with Crippen molar-refractivity contribution in [2.24, 2.45) is 0 Å². The van der Waals surface area contributed by atoms with Gasteiger partial charge in [0.2, 0.25) is 5.88 Å². The molecule has 3 aliphatic heterocycles. The molecule has 0 saturated carbocycles. The van der Waals surface area contributed by atoms with E-state index in [1.54, 1.807) is 35.4 Å². The summed E-state index contributed by atoms with van der Waals surface area (Å²) < 4.78 is 6.94. The summed E-state index contributed by atoms with van der Waals surface area (Å²) in [7, 11) is 2.00. The maximum atomic E-state index is 13.1. The molecule has 1 fully saturated rings. The van der Waals surface area contributed by atoms with Crippen molar-refractivity contribution in [1.82, 2.24) is 34.3 Å². The monoisotopic (exact) mass is 439 g/mol. The molecule has 0 unspecified atom stereocenters. The van der Waals surface area contributed by atoms with Crippen molar-refractivity contribution in [3.63, 3.8) is 0 Å². The number of rotatable bonds is 2. The Balaban J connectivity index is 1.61. The SMILES string of the molecule is CN1CCN(C(=O)Oc2c3[nH]ccnc-3c(=O)n2-c2ccc3ccc(Cl)nc3n2)CC1. The van der Waals surface area contributed by atoms with Gasteiger partial charge < -0.3 is 19.5 Å². The van der Waals surface area contributed by atoms with E-state index in [-0.39, 0.29) is 22.5 Å². The average Bonchev–Trinajstić information content (AvgIpc) is 3.05. The normalized spacial score (nSPS) is 15.0. The number of H-pyrrole nitrogens is 1. The zero-order valence-corrected chi connectivity index (χ0v) is 17.3. The zero-order chi connectivity index (χ0) is 21.5. The van der Waals surface area contributed by atoms with Crippen molar-refractivity contribution in [2.45, 2.75) is 0 Å². The Hall–Kier alpha value is -3.50. The molecule has 10 nitrogen and oxygen atoms in total. The molecule has 3 aliphatic rings. The van der Waals surface area contributed by atoms with Crippen LogP contribution in [0.5, 0.6) is 5.88 Å². The largest absolute Gasteiger partial charge is 0.416 e. The molecule has 5 rings (SSSR count). The number of ether oxygens (including phenoxy) is 1. The number of aromatic amines is 1. The molecule has 0 bridgehead atoms. The molecular weight excluding hydrogens is 422 g/mol. The van der Waals surface area contributed by atoms with Gasteiger partial charge in [-0.1, -0.05) is 11.6 Å². The fourth-order valence-corrected chi connectivity index (χ4v) is 3.67. The number of carbonyl (C=O) groups is 1. The number of nitrogens with one attached hydrogen (secondary N) is 1. The Morgan fingerprint density at radius 3 is 2.71 bits per heavy atom. The minimum absolute atomic E-state index is 0.0332. The summed E-state index contributed by atoms with van der Waals surface area (Å²) in [5.41, 5.74) is 0.373. The molecule has 2 aromatic heterocycles. The molecule has 0 atom stereocenters. The van der Waals surface area contributed by atoms with Gasteiger partial charge in [0.15, 0.2) is 11.3 Å². The van der Waals surface area contributed by atoms with Crippen LogP contribution in [0, 0.1) is 0 Å². The first-order chi connectivity index (χ1) is 15.0. The summed E-state index contributed by atoms with van der Waals surface area (Å²) in [6.45, 7) is 2.57. The summed E-state index contributed by atoms with van der Waals surface area (Å²) in [5.74, 6) is 0.283. The molecule has 158 valence electrons. The van der Waals surface area contributed by atoms with Gasteiger partial charge in [0.05, 0.1) is 0 Å². The molecule has 2 aromatic rings. The first kappa shape index (κ1) is 19.5. The van der Waals surface area contributed by atoms with Crippen LogP contribution in [0.25, 0.3) is 28.2 Å². The average molecular weight is 440 g/mol. The number of piperazine rings is 1. The third-order valence-electron chi connectivity index (χ3n) is 5.24. The van der Waals surface area contributed by atoms with Crippen molar-refractivity contribution in [3.8, 4) is 23.1 Å². The Labute approximate surface area is 181 Å². The Morgan fingerprint density at radius 1 is 1.13 bits per heavy atom. The van der Waals surface area contributed by atoms with Crippen LogP contribution in [-0.4, -0.2) is 73.6 Å². The van der Waals surface area contributed by atoms with Gasteiger partial charge in [0.1, 0.15) is 16.7 Å². The first-order valence-electron chi connectivity index (χ1n) is 9.68. The second-order valence-electron chi connectivity index (χ2n) is 7.27. The third-order valence-corrected chi connectivity index (χ3v) is 5.45. The first-order valence-corrected chi connectivity index (χ1v) is 10.1.